The van der Waals surface area contributed by atoms with Gasteiger partial charge in [-0.25, -0.2) is 18.4 Å². The van der Waals surface area contributed by atoms with Gasteiger partial charge >= 0.3 is 5.76 Å². The molecule has 152 valence electrons. The van der Waals surface area contributed by atoms with Crippen molar-refractivity contribution in [3.8, 4) is 5.82 Å². The molecule has 0 atom stereocenters. The van der Waals surface area contributed by atoms with E-state index in [0.29, 0.717) is 11.5 Å². The largest absolute Gasteiger partial charge is 0.341 e. The molecular formula is C20H14F2N4O3S. The number of alkyl halides is 2. The number of nitrogens with one attached hydrogen (secondary N) is 1. The Labute approximate surface area is 169 Å². The van der Waals surface area contributed by atoms with Gasteiger partial charge in [0, 0.05) is 5.56 Å². The number of hydrogen-bond acceptors (Lipinski definition) is 5. The maximum Gasteiger partial charge on any atom is 0.341 e. The molecule has 0 saturated heterocycles. The number of para-hydroxylation sites is 2. The zero-order valence-corrected chi connectivity index (χ0v) is 16.1. The summed E-state index contributed by atoms with van der Waals surface area (Å²) in [6, 6.07) is 15.2. The van der Waals surface area contributed by atoms with Crippen LogP contribution in [0.3, 0.4) is 0 Å². The number of carbonyl (C=O) groups excluding carboxylic acids is 1. The summed E-state index contributed by atoms with van der Waals surface area (Å²) in [4.78, 5) is 20.4. The molecule has 0 fully saturated rings. The van der Waals surface area contributed by atoms with Crippen LogP contribution in [0.15, 0.2) is 78.1 Å². The first-order valence-corrected chi connectivity index (χ1v) is 10.2. The normalized spacial score (nSPS) is 11.7. The smallest absolute Gasteiger partial charge is 0.321 e. The first-order valence-electron chi connectivity index (χ1n) is 8.68. The molecule has 2 aromatic heterocycles. The number of pyridine rings is 1. The number of hydrogen-bond donors (Lipinski definition) is 1. The summed E-state index contributed by atoms with van der Waals surface area (Å²) in [5, 5.41) is 2.62. The average Bonchev–Trinajstić information content (AvgIpc) is 3.18. The zero-order chi connectivity index (χ0) is 21.3. The fourth-order valence-electron chi connectivity index (χ4n) is 2.85. The highest BCUT2D eigenvalue weighted by molar-refractivity contribution is 7.91. The van der Waals surface area contributed by atoms with Crippen LogP contribution < -0.4 is 5.32 Å². The Hall–Kier alpha value is -3.66. The lowest BCUT2D eigenvalue weighted by atomic mass is 10.2. The van der Waals surface area contributed by atoms with Crippen LogP contribution in [-0.4, -0.2) is 34.6 Å². The van der Waals surface area contributed by atoms with Crippen LogP contribution in [0.25, 0.3) is 16.9 Å². The number of imidazole rings is 1. The number of rotatable bonds is 5. The molecule has 0 saturated carbocycles. The van der Waals surface area contributed by atoms with E-state index in [1.54, 1.807) is 18.5 Å². The maximum atomic E-state index is 12.6. The maximum absolute atomic E-state index is 12.6. The lowest BCUT2D eigenvalue weighted by Crippen LogP contribution is -2.14. The van der Waals surface area contributed by atoms with E-state index in [9.17, 15) is 22.0 Å². The monoisotopic (exact) mass is 428 g/mol. The Balaban J connectivity index is 1.50. The van der Waals surface area contributed by atoms with Gasteiger partial charge in [0.15, 0.2) is 0 Å². The summed E-state index contributed by atoms with van der Waals surface area (Å²) < 4.78 is 49.9. The SMILES string of the molecule is O=C(Nc1ccc(-n2cnc3ccccc32)nc1)c1ccc(S(=O)(=O)C(F)F)cc1. The molecule has 4 rings (SSSR count). The average molecular weight is 428 g/mol. The van der Waals surface area contributed by atoms with Crippen molar-refractivity contribution in [1.29, 1.82) is 0 Å². The van der Waals surface area contributed by atoms with E-state index in [1.165, 1.54) is 18.3 Å². The van der Waals surface area contributed by atoms with Crippen molar-refractivity contribution in [2.75, 3.05) is 5.32 Å². The van der Waals surface area contributed by atoms with Gasteiger partial charge in [-0.2, -0.15) is 8.78 Å². The molecule has 0 aliphatic carbocycles. The summed E-state index contributed by atoms with van der Waals surface area (Å²) in [6.07, 6.45) is 3.12. The lowest BCUT2D eigenvalue weighted by Gasteiger charge is -2.08. The minimum Gasteiger partial charge on any atom is -0.321 e. The topological polar surface area (TPSA) is 93.9 Å². The van der Waals surface area contributed by atoms with E-state index in [2.05, 4.69) is 15.3 Å². The van der Waals surface area contributed by atoms with Gasteiger partial charge in [0.05, 0.1) is 27.8 Å². The third-order valence-corrected chi connectivity index (χ3v) is 5.78. The number of anilines is 1. The van der Waals surface area contributed by atoms with Gasteiger partial charge in [0.2, 0.25) is 9.84 Å². The summed E-state index contributed by atoms with van der Waals surface area (Å²) >= 11 is 0. The Morgan fingerprint density at radius 2 is 1.70 bits per heavy atom. The third-order valence-electron chi connectivity index (χ3n) is 4.39. The van der Waals surface area contributed by atoms with Crippen LogP contribution in [-0.2, 0) is 9.84 Å². The number of sulfone groups is 1. The third kappa shape index (κ3) is 3.64. The fraction of sp³-hybridized carbons (Fsp3) is 0.0500. The van der Waals surface area contributed by atoms with Crippen LogP contribution >= 0.6 is 0 Å². The van der Waals surface area contributed by atoms with E-state index in [4.69, 9.17) is 0 Å². The van der Waals surface area contributed by atoms with Crippen molar-refractivity contribution < 1.29 is 22.0 Å². The Morgan fingerprint density at radius 1 is 0.967 bits per heavy atom. The Kier molecular flexibility index (Phi) is 5.00. The van der Waals surface area contributed by atoms with Crippen molar-refractivity contribution in [2.45, 2.75) is 10.7 Å². The zero-order valence-electron chi connectivity index (χ0n) is 15.2. The molecule has 0 aliphatic rings. The first-order chi connectivity index (χ1) is 14.4. The second-order valence-electron chi connectivity index (χ2n) is 6.29. The van der Waals surface area contributed by atoms with Crippen molar-refractivity contribution in [2.24, 2.45) is 0 Å². The standard InChI is InChI=1S/C20H14F2N4O3S/c21-20(22)30(28,29)15-8-5-13(6-9-15)19(27)25-14-7-10-18(23-11-14)26-12-24-16-3-1-2-4-17(16)26/h1-12,20H,(H,25,27). The molecule has 1 N–H and O–H groups in total. The number of carbonyl (C=O) groups is 1. The molecule has 0 unspecified atom stereocenters. The van der Waals surface area contributed by atoms with Crippen LogP contribution in [0, 0.1) is 0 Å². The van der Waals surface area contributed by atoms with Crippen molar-refractivity contribution in [3.63, 3.8) is 0 Å². The van der Waals surface area contributed by atoms with Crippen LogP contribution in [0.4, 0.5) is 14.5 Å². The molecule has 2 heterocycles. The van der Waals surface area contributed by atoms with E-state index in [0.717, 1.165) is 23.2 Å². The minimum atomic E-state index is -4.70. The van der Waals surface area contributed by atoms with E-state index in [-0.39, 0.29) is 5.56 Å². The van der Waals surface area contributed by atoms with Crippen molar-refractivity contribution in [1.82, 2.24) is 14.5 Å². The summed E-state index contributed by atoms with van der Waals surface area (Å²) in [7, 11) is -4.70. The molecule has 4 aromatic rings. The number of aromatic nitrogens is 3. The van der Waals surface area contributed by atoms with E-state index < -0.39 is 26.4 Å². The summed E-state index contributed by atoms with van der Waals surface area (Å²) in [6.45, 7) is 0. The predicted octanol–water partition coefficient (Wildman–Crippen LogP) is 3.67. The Morgan fingerprint density at radius 3 is 2.37 bits per heavy atom. The highest BCUT2D eigenvalue weighted by atomic mass is 32.2. The molecular weight excluding hydrogens is 414 g/mol. The van der Waals surface area contributed by atoms with Gasteiger partial charge in [-0.3, -0.25) is 9.36 Å². The molecule has 0 spiro atoms. The first kappa shape index (κ1) is 19.6. The molecule has 7 nitrogen and oxygen atoms in total. The molecule has 1 amide bonds. The van der Waals surface area contributed by atoms with Gasteiger partial charge in [-0.15, -0.1) is 0 Å². The second-order valence-corrected chi connectivity index (χ2v) is 8.21. The lowest BCUT2D eigenvalue weighted by molar-refractivity contribution is 0.102. The van der Waals surface area contributed by atoms with Gasteiger partial charge in [0.1, 0.15) is 12.1 Å². The Bertz CT molecular complexity index is 1320. The predicted molar refractivity (Wildman–Crippen MR) is 106 cm³/mol. The minimum absolute atomic E-state index is 0.118. The van der Waals surface area contributed by atoms with E-state index in [1.807, 2.05) is 28.8 Å². The summed E-state index contributed by atoms with van der Waals surface area (Å²) in [5.41, 5.74) is 2.25. The number of halogens is 2. The molecule has 30 heavy (non-hydrogen) atoms. The molecule has 2 aromatic carbocycles. The fourth-order valence-corrected chi connectivity index (χ4v) is 3.57. The number of amides is 1. The molecule has 0 aliphatic heterocycles. The van der Waals surface area contributed by atoms with Crippen LogP contribution in [0.1, 0.15) is 10.4 Å². The second kappa shape index (κ2) is 7.64. The highest BCUT2D eigenvalue weighted by Gasteiger charge is 2.26. The van der Waals surface area contributed by atoms with Gasteiger partial charge in [0.25, 0.3) is 5.91 Å². The van der Waals surface area contributed by atoms with Gasteiger partial charge in [-0.05, 0) is 48.5 Å². The highest BCUT2D eigenvalue weighted by Crippen LogP contribution is 2.20. The number of benzene rings is 2. The summed E-state index contributed by atoms with van der Waals surface area (Å²) in [5.74, 6) is -3.43. The van der Waals surface area contributed by atoms with Gasteiger partial charge < -0.3 is 5.32 Å². The van der Waals surface area contributed by atoms with Crippen molar-refractivity contribution in [3.05, 3.63) is 78.8 Å². The molecule has 0 bridgehead atoms. The number of nitrogens with zero attached hydrogens (tertiary/aromatic N) is 3. The quantitative estimate of drug-likeness (QED) is 0.524. The van der Waals surface area contributed by atoms with Crippen molar-refractivity contribution >= 4 is 32.5 Å². The van der Waals surface area contributed by atoms with Gasteiger partial charge in [-0.1, -0.05) is 12.1 Å². The number of fused-ring (bicyclic) bond motifs is 1. The molecule has 0 radical (unpaired) electrons. The van der Waals surface area contributed by atoms with E-state index >= 15 is 0 Å². The van der Waals surface area contributed by atoms with Crippen LogP contribution in [0.5, 0.6) is 0 Å². The molecule has 10 heteroatoms. The van der Waals surface area contributed by atoms with Crippen LogP contribution in [0.2, 0.25) is 0 Å².